The molecule has 0 aliphatic carbocycles. The van der Waals surface area contributed by atoms with Crippen molar-refractivity contribution in [2.75, 3.05) is 12.3 Å². The molecule has 25 heavy (non-hydrogen) atoms. The zero-order chi connectivity index (χ0) is 19.4. The normalized spacial score (nSPS) is 14.2. The summed E-state index contributed by atoms with van der Waals surface area (Å²) in [6, 6.07) is -3.13. The molecule has 10 nitrogen and oxygen atoms in total. The number of carbonyl (C=O) groups is 4. The van der Waals surface area contributed by atoms with Gasteiger partial charge in [-0.1, -0.05) is 0 Å². The molecule has 0 fully saturated rings. The Hall–Kier alpha value is -1.85. The molecule has 3 amide bonds. The van der Waals surface area contributed by atoms with Crippen molar-refractivity contribution in [3.63, 3.8) is 0 Å². The number of carboxylic acids is 1. The molecule has 0 bridgehead atoms. The standard InChI is InChI=1S/C14H27N5O5S/c15-6-2-1-3-9(13(22)19-10(7-25)14(23)24)18-12(21)8(16)4-5-11(17)20/h8-10,25H,1-7,15-16H2,(H2,17,20)(H,18,21)(H,19,22)(H,23,24). The second kappa shape index (κ2) is 12.5. The molecule has 0 aliphatic heterocycles. The Labute approximate surface area is 151 Å². The van der Waals surface area contributed by atoms with E-state index in [0.717, 1.165) is 0 Å². The van der Waals surface area contributed by atoms with Crippen LogP contribution >= 0.6 is 12.6 Å². The summed E-state index contributed by atoms with van der Waals surface area (Å²) in [4.78, 5) is 46.1. The van der Waals surface area contributed by atoms with E-state index < -0.39 is 41.8 Å². The van der Waals surface area contributed by atoms with Crippen LogP contribution in [0, 0.1) is 0 Å². The highest BCUT2D eigenvalue weighted by molar-refractivity contribution is 7.80. The third-order valence-corrected chi connectivity index (χ3v) is 3.78. The fourth-order valence-electron chi connectivity index (χ4n) is 1.93. The van der Waals surface area contributed by atoms with Crippen molar-refractivity contribution in [1.29, 1.82) is 0 Å². The summed E-state index contributed by atoms with van der Waals surface area (Å²) < 4.78 is 0. The van der Waals surface area contributed by atoms with Gasteiger partial charge in [0, 0.05) is 12.2 Å². The van der Waals surface area contributed by atoms with Gasteiger partial charge in [-0.25, -0.2) is 4.79 Å². The second-order valence-corrected chi connectivity index (χ2v) is 5.90. The molecule has 0 saturated heterocycles. The highest BCUT2D eigenvalue weighted by Crippen LogP contribution is 2.04. The van der Waals surface area contributed by atoms with Crippen molar-refractivity contribution < 1.29 is 24.3 Å². The monoisotopic (exact) mass is 377 g/mol. The van der Waals surface area contributed by atoms with Gasteiger partial charge < -0.3 is 32.9 Å². The van der Waals surface area contributed by atoms with E-state index in [1.807, 2.05) is 0 Å². The summed E-state index contributed by atoms with van der Waals surface area (Å²) in [6.45, 7) is 0.425. The molecular formula is C14H27N5O5S. The number of nitrogens with one attached hydrogen (secondary N) is 2. The minimum atomic E-state index is -1.23. The molecule has 0 rings (SSSR count). The zero-order valence-corrected chi connectivity index (χ0v) is 14.8. The van der Waals surface area contributed by atoms with E-state index >= 15 is 0 Å². The molecule has 0 radical (unpaired) electrons. The van der Waals surface area contributed by atoms with Crippen LogP contribution in [0.25, 0.3) is 0 Å². The third kappa shape index (κ3) is 9.89. The van der Waals surface area contributed by atoms with Crippen molar-refractivity contribution in [3.8, 4) is 0 Å². The van der Waals surface area contributed by atoms with Gasteiger partial charge in [-0.15, -0.1) is 0 Å². The molecule has 0 aromatic heterocycles. The number of nitrogens with two attached hydrogens (primary N) is 3. The first-order valence-electron chi connectivity index (χ1n) is 7.91. The maximum absolute atomic E-state index is 12.3. The molecule has 144 valence electrons. The van der Waals surface area contributed by atoms with Gasteiger partial charge in [-0.2, -0.15) is 12.6 Å². The smallest absolute Gasteiger partial charge is 0.327 e. The molecule has 0 saturated carbocycles. The molecular weight excluding hydrogens is 350 g/mol. The molecule has 0 aromatic carbocycles. The summed E-state index contributed by atoms with van der Waals surface area (Å²) in [5, 5.41) is 13.8. The number of amides is 3. The topological polar surface area (TPSA) is 191 Å². The molecule has 11 heteroatoms. The van der Waals surface area contributed by atoms with Gasteiger partial charge in [-0.3, -0.25) is 14.4 Å². The number of primary amides is 1. The van der Waals surface area contributed by atoms with E-state index in [-0.39, 0.29) is 25.0 Å². The lowest BCUT2D eigenvalue weighted by molar-refractivity contribution is -0.141. The van der Waals surface area contributed by atoms with Crippen LogP contribution in [0.3, 0.4) is 0 Å². The Kier molecular flexibility index (Phi) is 11.6. The minimum absolute atomic E-state index is 0.0483. The largest absolute Gasteiger partial charge is 0.480 e. The van der Waals surface area contributed by atoms with Crippen molar-refractivity contribution >= 4 is 36.3 Å². The number of aliphatic carboxylic acids is 1. The number of carboxylic acid groups (broad SMARTS) is 1. The summed E-state index contributed by atoms with van der Waals surface area (Å²) in [7, 11) is 0. The van der Waals surface area contributed by atoms with E-state index in [1.54, 1.807) is 0 Å². The van der Waals surface area contributed by atoms with Crippen molar-refractivity contribution in [1.82, 2.24) is 10.6 Å². The van der Waals surface area contributed by atoms with E-state index in [2.05, 4.69) is 23.3 Å². The molecule has 3 unspecified atom stereocenters. The number of hydrogen-bond acceptors (Lipinski definition) is 7. The molecule has 0 aliphatic rings. The van der Waals surface area contributed by atoms with E-state index in [0.29, 0.717) is 19.4 Å². The fraction of sp³-hybridized carbons (Fsp3) is 0.714. The van der Waals surface area contributed by atoms with Gasteiger partial charge in [0.2, 0.25) is 17.7 Å². The predicted octanol–water partition coefficient (Wildman–Crippen LogP) is -2.31. The van der Waals surface area contributed by atoms with E-state index in [1.165, 1.54) is 0 Å². The van der Waals surface area contributed by atoms with Crippen LogP contribution in [0.4, 0.5) is 0 Å². The van der Waals surface area contributed by atoms with Gasteiger partial charge in [0.25, 0.3) is 0 Å². The molecule has 0 aromatic rings. The lowest BCUT2D eigenvalue weighted by atomic mass is 10.1. The number of carbonyl (C=O) groups excluding carboxylic acids is 3. The van der Waals surface area contributed by atoms with Gasteiger partial charge >= 0.3 is 5.97 Å². The molecule has 0 heterocycles. The Morgan fingerprint density at radius 3 is 2.08 bits per heavy atom. The van der Waals surface area contributed by atoms with Crippen molar-refractivity contribution in [3.05, 3.63) is 0 Å². The number of thiol groups is 1. The fourth-order valence-corrected chi connectivity index (χ4v) is 2.17. The second-order valence-electron chi connectivity index (χ2n) is 5.54. The lowest BCUT2D eigenvalue weighted by Crippen LogP contribution is -2.54. The van der Waals surface area contributed by atoms with Crippen LogP contribution in [-0.4, -0.2) is 59.2 Å². The number of hydrogen-bond donors (Lipinski definition) is 7. The van der Waals surface area contributed by atoms with Gasteiger partial charge in [0.1, 0.15) is 12.1 Å². The van der Waals surface area contributed by atoms with E-state index in [9.17, 15) is 19.2 Å². The average Bonchev–Trinajstić information content (AvgIpc) is 2.55. The van der Waals surface area contributed by atoms with Crippen LogP contribution in [0.5, 0.6) is 0 Å². The van der Waals surface area contributed by atoms with E-state index in [4.69, 9.17) is 22.3 Å². The summed E-state index contributed by atoms with van der Waals surface area (Å²) >= 11 is 3.87. The lowest BCUT2D eigenvalue weighted by Gasteiger charge is -2.22. The van der Waals surface area contributed by atoms with Crippen LogP contribution < -0.4 is 27.8 Å². The van der Waals surface area contributed by atoms with Crippen molar-refractivity contribution in [2.45, 2.75) is 50.2 Å². The quantitative estimate of drug-likeness (QED) is 0.138. The summed E-state index contributed by atoms with van der Waals surface area (Å²) in [5.41, 5.74) is 16.1. The zero-order valence-electron chi connectivity index (χ0n) is 13.9. The summed E-state index contributed by atoms with van der Waals surface area (Å²) in [6.07, 6.45) is 1.47. The van der Waals surface area contributed by atoms with Crippen molar-refractivity contribution in [2.24, 2.45) is 17.2 Å². The highest BCUT2D eigenvalue weighted by atomic mass is 32.1. The first-order valence-corrected chi connectivity index (χ1v) is 8.54. The van der Waals surface area contributed by atoms with Crippen LogP contribution in [-0.2, 0) is 19.2 Å². The highest BCUT2D eigenvalue weighted by Gasteiger charge is 2.27. The Morgan fingerprint density at radius 2 is 1.60 bits per heavy atom. The maximum atomic E-state index is 12.3. The minimum Gasteiger partial charge on any atom is -0.480 e. The third-order valence-electron chi connectivity index (χ3n) is 3.42. The van der Waals surface area contributed by atoms with Gasteiger partial charge in [-0.05, 0) is 32.2 Å². The van der Waals surface area contributed by atoms with Crippen LogP contribution in [0.1, 0.15) is 32.1 Å². The molecule has 9 N–H and O–H groups in total. The average molecular weight is 377 g/mol. The first-order chi connectivity index (χ1) is 11.7. The Balaban J connectivity index is 4.84. The van der Waals surface area contributed by atoms with Crippen LogP contribution in [0.15, 0.2) is 0 Å². The SMILES string of the molecule is NCCCCC(NC(=O)C(N)CCC(N)=O)C(=O)NC(CS)C(=O)O. The van der Waals surface area contributed by atoms with Gasteiger partial charge in [0.05, 0.1) is 6.04 Å². The predicted molar refractivity (Wildman–Crippen MR) is 94.7 cm³/mol. The molecule has 3 atom stereocenters. The Bertz CT molecular complexity index is 477. The molecule has 0 spiro atoms. The summed E-state index contributed by atoms with van der Waals surface area (Å²) in [5.74, 6) is -3.17. The number of unbranched alkanes of at least 4 members (excludes halogenated alkanes) is 1. The number of rotatable bonds is 13. The first kappa shape index (κ1) is 23.1. The van der Waals surface area contributed by atoms with Crippen LogP contribution in [0.2, 0.25) is 0 Å². The maximum Gasteiger partial charge on any atom is 0.327 e. The Morgan fingerprint density at radius 1 is 1.00 bits per heavy atom. The van der Waals surface area contributed by atoms with Gasteiger partial charge in [0.15, 0.2) is 0 Å².